The van der Waals surface area contributed by atoms with E-state index in [-0.39, 0.29) is 30.1 Å². The van der Waals surface area contributed by atoms with Crippen molar-refractivity contribution in [2.75, 3.05) is 13.1 Å². The second kappa shape index (κ2) is 9.18. The van der Waals surface area contributed by atoms with Crippen LogP contribution < -0.4 is 10.6 Å². The molecule has 2 rings (SSSR count). The van der Waals surface area contributed by atoms with Crippen LogP contribution in [0.25, 0.3) is 0 Å². The Morgan fingerprint density at radius 1 is 1.19 bits per heavy atom. The topological polar surface area (TPSA) is 56.7 Å². The third kappa shape index (κ3) is 6.30. The van der Waals surface area contributed by atoms with E-state index in [0.717, 1.165) is 44.7 Å². The Morgan fingerprint density at radius 2 is 1.81 bits per heavy atom. The predicted octanol–water partition coefficient (Wildman–Crippen LogP) is 3.04. The van der Waals surface area contributed by atoms with Gasteiger partial charge >= 0.3 is 0 Å². The van der Waals surface area contributed by atoms with E-state index < -0.39 is 0 Å². The van der Waals surface area contributed by atoms with Gasteiger partial charge in [0.1, 0.15) is 0 Å². The van der Waals surface area contributed by atoms with Crippen LogP contribution in [-0.4, -0.2) is 36.3 Å². The fraction of sp³-hybridized carbons (Fsp3) is 0.938. The Morgan fingerprint density at radius 3 is 2.38 bits per heavy atom. The Labute approximate surface area is 146 Å². The number of aliphatic hydroxyl groups is 1. The highest BCUT2D eigenvalue weighted by Gasteiger charge is 2.28. The summed E-state index contributed by atoms with van der Waals surface area (Å²) in [7, 11) is 0. The van der Waals surface area contributed by atoms with Crippen LogP contribution in [0.1, 0.15) is 65.2 Å². The average molecular weight is 409 g/mol. The van der Waals surface area contributed by atoms with Gasteiger partial charge in [0.25, 0.3) is 0 Å². The molecule has 0 aliphatic heterocycles. The molecule has 0 spiro atoms. The van der Waals surface area contributed by atoms with E-state index >= 15 is 0 Å². The van der Waals surface area contributed by atoms with E-state index in [0.29, 0.717) is 11.5 Å². The van der Waals surface area contributed by atoms with E-state index in [4.69, 9.17) is 4.99 Å². The van der Waals surface area contributed by atoms with Gasteiger partial charge in [0.05, 0.1) is 6.10 Å². The van der Waals surface area contributed by atoms with Crippen molar-refractivity contribution in [3.05, 3.63) is 0 Å². The van der Waals surface area contributed by atoms with Gasteiger partial charge in [-0.3, -0.25) is 4.99 Å². The first-order valence-corrected chi connectivity index (χ1v) is 8.34. The van der Waals surface area contributed by atoms with E-state index in [2.05, 4.69) is 24.5 Å². The third-order valence-electron chi connectivity index (χ3n) is 4.81. The molecule has 0 unspecified atom stereocenters. The van der Waals surface area contributed by atoms with Gasteiger partial charge in [-0.15, -0.1) is 24.0 Å². The molecule has 0 bridgehead atoms. The number of nitrogens with one attached hydrogen (secondary N) is 2. The highest BCUT2D eigenvalue weighted by Crippen LogP contribution is 2.37. The van der Waals surface area contributed by atoms with Crippen LogP contribution >= 0.6 is 24.0 Å². The summed E-state index contributed by atoms with van der Waals surface area (Å²) in [5.74, 6) is 0.960. The van der Waals surface area contributed by atoms with Gasteiger partial charge in [-0.25, -0.2) is 0 Å². The Balaban J connectivity index is 0.00000220. The number of hydrogen-bond acceptors (Lipinski definition) is 2. The maximum Gasteiger partial charge on any atom is 0.191 e. The molecule has 0 aromatic heterocycles. The molecule has 2 fully saturated rings. The molecule has 4 nitrogen and oxygen atoms in total. The van der Waals surface area contributed by atoms with E-state index in [1.54, 1.807) is 0 Å². The molecule has 2 saturated carbocycles. The molecule has 0 atom stereocenters. The summed E-state index contributed by atoms with van der Waals surface area (Å²) in [6.07, 6.45) is 9.16. The standard InChI is InChI=1S/C16H31N3O.HI/c1-3-17-15(18-12-16(2)10-4-5-11-16)19-13-6-8-14(20)9-7-13;/h13-14,20H,3-12H2,1-2H3,(H2,17,18,19);1H. The number of hydrogen-bond donors (Lipinski definition) is 3. The lowest BCUT2D eigenvalue weighted by atomic mass is 9.89. The summed E-state index contributed by atoms with van der Waals surface area (Å²) in [6.45, 7) is 6.30. The summed E-state index contributed by atoms with van der Waals surface area (Å²) in [5.41, 5.74) is 0.408. The minimum atomic E-state index is -0.0926. The summed E-state index contributed by atoms with van der Waals surface area (Å²) in [5, 5.41) is 16.5. The normalized spacial score (nSPS) is 28.8. The van der Waals surface area contributed by atoms with Crippen molar-refractivity contribution in [3.8, 4) is 0 Å². The summed E-state index contributed by atoms with van der Waals surface area (Å²) < 4.78 is 0. The quantitative estimate of drug-likeness (QED) is 0.380. The van der Waals surface area contributed by atoms with Crippen molar-refractivity contribution in [1.82, 2.24) is 10.6 Å². The van der Waals surface area contributed by atoms with Crippen LogP contribution in [-0.2, 0) is 0 Å². The van der Waals surface area contributed by atoms with Crippen LogP contribution in [0.15, 0.2) is 4.99 Å². The van der Waals surface area contributed by atoms with Crippen LogP contribution in [0.5, 0.6) is 0 Å². The maximum absolute atomic E-state index is 9.57. The van der Waals surface area contributed by atoms with Crippen molar-refractivity contribution >= 4 is 29.9 Å². The van der Waals surface area contributed by atoms with Crippen molar-refractivity contribution in [2.24, 2.45) is 10.4 Å². The molecule has 21 heavy (non-hydrogen) atoms. The third-order valence-corrected chi connectivity index (χ3v) is 4.81. The lowest BCUT2D eigenvalue weighted by molar-refractivity contribution is 0.120. The second-order valence-corrected chi connectivity index (χ2v) is 6.86. The molecule has 0 saturated heterocycles. The highest BCUT2D eigenvalue weighted by atomic mass is 127. The first kappa shape index (κ1) is 19.0. The van der Waals surface area contributed by atoms with Crippen LogP contribution in [0, 0.1) is 5.41 Å². The first-order valence-electron chi connectivity index (χ1n) is 8.34. The number of aliphatic hydroxyl groups excluding tert-OH is 1. The maximum atomic E-state index is 9.57. The zero-order valence-electron chi connectivity index (χ0n) is 13.5. The molecular formula is C16H32IN3O. The molecule has 0 aromatic rings. The lowest BCUT2D eigenvalue weighted by Gasteiger charge is -2.28. The number of halogens is 1. The Bertz CT molecular complexity index is 321. The zero-order valence-corrected chi connectivity index (χ0v) is 15.9. The van der Waals surface area contributed by atoms with Gasteiger partial charge < -0.3 is 15.7 Å². The summed E-state index contributed by atoms with van der Waals surface area (Å²) in [6, 6.07) is 0.465. The first-order chi connectivity index (χ1) is 9.61. The number of guanidine groups is 1. The largest absolute Gasteiger partial charge is 0.393 e. The lowest BCUT2D eigenvalue weighted by Crippen LogP contribution is -2.45. The Hall–Kier alpha value is -0.0400. The predicted molar refractivity (Wildman–Crippen MR) is 99.4 cm³/mol. The van der Waals surface area contributed by atoms with Gasteiger partial charge in [0, 0.05) is 19.1 Å². The van der Waals surface area contributed by atoms with Gasteiger partial charge in [-0.05, 0) is 50.9 Å². The zero-order chi connectivity index (χ0) is 14.4. The molecule has 5 heteroatoms. The van der Waals surface area contributed by atoms with Gasteiger partial charge in [-0.2, -0.15) is 0 Å². The van der Waals surface area contributed by atoms with Crippen molar-refractivity contribution in [2.45, 2.75) is 77.4 Å². The number of aliphatic imine (C=N–C) groups is 1. The van der Waals surface area contributed by atoms with Crippen LogP contribution in [0.3, 0.4) is 0 Å². The molecule has 0 heterocycles. The minimum Gasteiger partial charge on any atom is -0.393 e. The highest BCUT2D eigenvalue weighted by molar-refractivity contribution is 14.0. The molecule has 2 aliphatic carbocycles. The van der Waals surface area contributed by atoms with Gasteiger partial charge in [0.2, 0.25) is 0 Å². The van der Waals surface area contributed by atoms with Gasteiger partial charge in [0.15, 0.2) is 5.96 Å². The van der Waals surface area contributed by atoms with Crippen molar-refractivity contribution in [1.29, 1.82) is 0 Å². The molecule has 3 N–H and O–H groups in total. The molecule has 0 aromatic carbocycles. The van der Waals surface area contributed by atoms with Crippen LogP contribution in [0.2, 0.25) is 0 Å². The summed E-state index contributed by atoms with van der Waals surface area (Å²) >= 11 is 0. The van der Waals surface area contributed by atoms with E-state index in [1.807, 2.05) is 0 Å². The number of nitrogens with zero attached hydrogens (tertiary/aromatic N) is 1. The molecule has 124 valence electrons. The molecular weight excluding hydrogens is 377 g/mol. The van der Waals surface area contributed by atoms with Gasteiger partial charge in [-0.1, -0.05) is 19.8 Å². The van der Waals surface area contributed by atoms with E-state index in [1.165, 1.54) is 25.7 Å². The van der Waals surface area contributed by atoms with Crippen LogP contribution in [0.4, 0.5) is 0 Å². The SMILES string of the molecule is CCNC(=NCC1(C)CCCC1)NC1CCC(O)CC1.I. The fourth-order valence-corrected chi connectivity index (χ4v) is 3.39. The summed E-state index contributed by atoms with van der Waals surface area (Å²) in [4.78, 5) is 4.81. The smallest absolute Gasteiger partial charge is 0.191 e. The molecule has 2 aliphatic rings. The average Bonchev–Trinajstić information content (AvgIpc) is 2.86. The second-order valence-electron chi connectivity index (χ2n) is 6.86. The molecule has 0 radical (unpaired) electrons. The monoisotopic (exact) mass is 409 g/mol. The molecule has 0 amide bonds. The minimum absolute atomic E-state index is 0. The fourth-order valence-electron chi connectivity index (χ4n) is 3.39. The van der Waals surface area contributed by atoms with Crippen molar-refractivity contribution in [3.63, 3.8) is 0 Å². The van der Waals surface area contributed by atoms with Crippen molar-refractivity contribution < 1.29 is 5.11 Å². The van der Waals surface area contributed by atoms with E-state index in [9.17, 15) is 5.11 Å². The number of rotatable bonds is 4. The Kier molecular flexibility index (Phi) is 8.31.